The Morgan fingerprint density at radius 2 is 2.36 bits per heavy atom. The molecule has 0 saturated heterocycles. The predicted molar refractivity (Wildman–Crippen MR) is 50.5 cm³/mol. The number of aliphatic hydroxyl groups is 1. The van der Waals surface area contributed by atoms with Crippen LogP contribution in [0.3, 0.4) is 0 Å². The molecule has 0 aromatic rings. The summed E-state index contributed by atoms with van der Waals surface area (Å²) in [5, 5.41) is 8.92. The fourth-order valence-corrected chi connectivity index (χ4v) is 1.85. The molecule has 1 nitrogen and oxygen atoms in total. The molecule has 62 valence electrons. The van der Waals surface area contributed by atoms with Crippen molar-refractivity contribution in [2.45, 2.75) is 13.3 Å². The Balaban J connectivity index is 2.69. The van der Waals surface area contributed by atoms with Gasteiger partial charge in [0.15, 0.2) is 0 Å². The highest BCUT2D eigenvalue weighted by Crippen LogP contribution is 2.29. The van der Waals surface area contributed by atoms with E-state index in [4.69, 9.17) is 5.11 Å². The van der Waals surface area contributed by atoms with Gasteiger partial charge in [-0.1, -0.05) is 19.1 Å². The maximum absolute atomic E-state index is 8.92. The topological polar surface area (TPSA) is 20.2 Å². The summed E-state index contributed by atoms with van der Waals surface area (Å²) in [5.41, 5.74) is 1.16. The zero-order chi connectivity index (χ0) is 8.27. The molecular weight excluding hydrogens is 156 g/mol. The van der Waals surface area contributed by atoms with E-state index in [2.05, 4.69) is 19.3 Å². The molecule has 0 aromatic carbocycles. The Labute approximate surface area is 72.2 Å². The van der Waals surface area contributed by atoms with Gasteiger partial charge in [0.2, 0.25) is 0 Å². The van der Waals surface area contributed by atoms with Crippen LogP contribution in [0.4, 0.5) is 0 Å². The molecule has 0 fully saturated rings. The van der Waals surface area contributed by atoms with Crippen LogP contribution in [0.2, 0.25) is 0 Å². The molecule has 0 heterocycles. The van der Waals surface area contributed by atoms with Crippen LogP contribution in [0.25, 0.3) is 0 Å². The lowest BCUT2D eigenvalue weighted by molar-refractivity contribution is 0.315. The third kappa shape index (κ3) is 2.11. The summed E-state index contributed by atoms with van der Waals surface area (Å²) in [7, 11) is 0. The summed E-state index contributed by atoms with van der Waals surface area (Å²) in [6.45, 7) is 2.37. The molecule has 0 aromatic heterocycles. The Kier molecular flexibility index (Phi) is 3.21. The van der Waals surface area contributed by atoms with Crippen molar-refractivity contribution >= 4 is 11.8 Å². The molecule has 1 atom stereocenters. The first kappa shape index (κ1) is 8.88. The predicted octanol–water partition coefficient (Wildman–Crippen LogP) is 2.19. The highest BCUT2D eigenvalue weighted by Gasteiger charge is 2.12. The van der Waals surface area contributed by atoms with Crippen molar-refractivity contribution in [3.8, 4) is 0 Å². The minimum atomic E-state index is 0.208. The number of hydrogen-bond acceptors (Lipinski definition) is 2. The van der Waals surface area contributed by atoms with Gasteiger partial charge < -0.3 is 5.11 Å². The van der Waals surface area contributed by atoms with Crippen molar-refractivity contribution in [1.29, 1.82) is 0 Å². The average Bonchev–Trinajstić information content (AvgIpc) is 2.04. The van der Waals surface area contributed by atoms with E-state index in [1.807, 2.05) is 6.08 Å². The second-order valence-electron chi connectivity index (χ2n) is 2.84. The maximum Gasteiger partial charge on any atom is 0.0647 e. The first-order chi connectivity index (χ1) is 5.27. The smallest absolute Gasteiger partial charge is 0.0647 e. The van der Waals surface area contributed by atoms with Crippen LogP contribution in [0.1, 0.15) is 13.3 Å². The van der Waals surface area contributed by atoms with Gasteiger partial charge in [-0.15, -0.1) is 11.8 Å². The monoisotopic (exact) mass is 170 g/mol. The highest BCUT2D eigenvalue weighted by molar-refractivity contribution is 8.02. The van der Waals surface area contributed by atoms with E-state index in [1.165, 1.54) is 4.91 Å². The van der Waals surface area contributed by atoms with Crippen LogP contribution < -0.4 is 0 Å². The summed E-state index contributed by atoms with van der Waals surface area (Å²) in [5.74, 6) is 0.521. The Morgan fingerprint density at radius 1 is 1.64 bits per heavy atom. The van der Waals surface area contributed by atoms with E-state index < -0.39 is 0 Å². The van der Waals surface area contributed by atoms with Crippen molar-refractivity contribution in [3.05, 3.63) is 22.6 Å². The van der Waals surface area contributed by atoms with E-state index >= 15 is 0 Å². The Bertz CT molecular complexity index is 194. The lowest BCUT2D eigenvalue weighted by Crippen LogP contribution is -2.07. The molecule has 1 N–H and O–H groups in total. The minimum Gasteiger partial charge on any atom is -0.392 e. The van der Waals surface area contributed by atoms with E-state index in [9.17, 15) is 0 Å². The van der Waals surface area contributed by atoms with E-state index in [0.29, 0.717) is 5.92 Å². The molecule has 11 heavy (non-hydrogen) atoms. The Hall–Kier alpha value is -0.210. The summed E-state index contributed by atoms with van der Waals surface area (Å²) >= 11 is 1.80. The van der Waals surface area contributed by atoms with E-state index in [0.717, 1.165) is 12.0 Å². The molecule has 0 saturated carbocycles. The highest BCUT2D eigenvalue weighted by atomic mass is 32.2. The zero-order valence-electron chi connectivity index (χ0n) is 7.00. The molecule has 2 heteroatoms. The lowest BCUT2D eigenvalue weighted by atomic mass is 9.94. The summed E-state index contributed by atoms with van der Waals surface area (Å²) in [6.07, 6.45) is 7.33. The SMILES string of the molecule is CSC1=CC=C(CO)C(C)C1. The Morgan fingerprint density at radius 3 is 2.82 bits per heavy atom. The van der Waals surface area contributed by atoms with Gasteiger partial charge in [-0.3, -0.25) is 0 Å². The van der Waals surface area contributed by atoms with Gasteiger partial charge in [0, 0.05) is 0 Å². The summed E-state index contributed by atoms with van der Waals surface area (Å²) in [4.78, 5) is 1.41. The lowest BCUT2D eigenvalue weighted by Gasteiger charge is -2.18. The number of hydrogen-bond donors (Lipinski definition) is 1. The molecule has 1 rings (SSSR count). The standard InChI is InChI=1S/C9H14OS/c1-7-5-9(11-2)4-3-8(7)6-10/h3-4,7,10H,5-6H2,1-2H3. The fraction of sp³-hybridized carbons (Fsp3) is 0.556. The quantitative estimate of drug-likeness (QED) is 0.685. The van der Waals surface area contributed by atoms with Crippen LogP contribution >= 0.6 is 11.8 Å². The summed E-state index contributed by atoms with van der Waals surface area (Å²) in [6, 6.07) is 0. The van der Waals surface area contributed by atoms with Crippen LogP contribution in [-0.2, 0) is 0 Å². The third-order valence-corrected chi connectivity index (χ3v) is 2.90. The second-order valence-corrected chi connectivity index (χ2v) is 3.77. The van der Waals surface area contributed by atoms with Crippen molar-refractivity contribution < 1.29 is 5.11 Å². The van der Waals surface area contributed by atoms with Crippen LogP contribution in [-0.4, -0.2) is 18.0 Å². The molecule has 1 aliphatic carbocycles. The molecule has 1 aliphatic rings. The van der Waals surface area contributed by atoms with Crippen molar-refractivity contribution in [2.24, 2.45) is 5.92 Å². The molecule has 0 amide bonds. The molecule has 0 bridgehead atoms. The van der Waals surface area contributed by atoms with Gasteiger partial charge in [0.05, 0.1) is 6.61 Å². The zero-order valence-corrected chi connectivity index (χ0v) is 7.82. The van der Waals surface area contributed by atoms with Gasteiger partial charge in [-0.25, -0.2) is 0 Å². The van der Waals surface area contributed by atoms with Crippen molar-refractivity contribution in [3.63, 3.8) is 0 Å². The van der Waals surface area contributed by atoms with Crippen molar-refractivity contribution in [2.75, 3.05) is 12.9 Å². The van der Waals surface area contributed by atoms with E-state index in [-0.39, 0.29) is 6.61 Å². The molecular formula is C9H14OS. The largest absolute Gasteiger partial charge is 0.392 e. The molecule has 0 spiro atoms. The fourth-order valence-electron chi connectivity index (χ4n) is 1.23. The van der Waals surface area contributed by atoms with Crippen LogP contribution in [0.15, 0.2) is 22.6 Å². The molecule has 0 radical (unpaired) electrons. The van der Waals surface area contributed by atoms with Gasteiger partial charge in [-0.05, 0) is 29.1 Å². The number of rotatable bonds is 2. The second kappa shape index (κ2) is 3.98. The average molecular weight is 170 g/mol. The summed E-state index contributed by atoms with van der Waals surface area (Å²) < 4.78 is 0. The van der Waals surface area contributed by atoms with Gasteiger partial charge in [0.25, 0.3) is 0 Å². The first-order valence-electron chi connectivity index (χ1n) is 3.82. The normalized spacial score (nSPS) is 24.5. The number of thioether (sulfide) groups is 1. The van der Waals surface area contributed by atoms with Gasteiger partial charge in [-0.2, -0.15) is 0 Å². The van der Waals surface area contributed by atoms with Crippen molar-refractivity contribution in [1.82, 2.24) is 0 Å². The van der Waals surface area contributed by atoms with Crippen LogP contribution in [0.5, 0.6) is 0 Å². The third-order valence-electron chi connectivity index (χ3n) is 2.07. The number of aliphatic hydroxyl groups excluding tert-OH is 1. The number of allylic oxidation sites excluding steroid dienone is 3. The van der Waals surface area contributed by atoms with Crippen LogP contribution in [0, 0.1) is 5.92 Å². The van der Waals surface area contributed by atoms with Gasteiger partial charge in [0.1, 0.15) is 0 Å². The molecule has 1 unspecified atom stereocenters. The molecule has 0 aliphatic heterocycles. The van der Waals surface area contributed by atoms with Gasteiger partial charge >= 0.3 is 0 Å². The maximum atomic E-state index is 8.92. The van der Waals surface area contributed by atoms with E-state index in [1.54, 1.807) is 11.8 Å². The first-order valence-corrected chi connectivity index (χ1v) is 5.05. The minimum absolute atomic E-state index is 0.208.